The van der Waals surface area contributed by atoms with Crippen LogP contribution in [0.1, 0.15) is 102 Å². The van der Waals surface area contributed by atoms with Crippen LogP contribution in [0.2, 0.25) is 6.04 Å². The van der Waals surface area contributed by atoms with Gasteiger partial charge in [-0.2, -0.15) is 0 Å². The minimum atomic E-state index is -4.13. The van der Waals surface area contributed by atoms with Crippen molar-refractivity contribution >= 4 is 35.2 Å². The van der Waals surface area contributed by atoms with Gasteiger partial charge >= 0.3 is 35.2 Å². The third-order valence-electron chi connectivity index (χ3n) is 8.67. The van der Waals surface area contributed by atoms with Crippen LogP contribution in [-0.4, -0.2) is 164 Å². The summed E-state index contributed by atoms with van der Waals surface area (Å²) in [5, 5.41) is -1.65. The van der Waals surface area contributed by atoms with E-state index in [0.717, 1.165) is 45.2 Å². The van der Waals surface area contributed by atoms with E-state index >= 15 is 0 Å². The van der Waals surface area contributed by atoms with Gasteiger partial charge in [0.15, 0.2) is 0 Å². The third-order valence-corrected chi connectivity index (χ3v) is 18.2. The van der Waals surface area contributed by atoms with Gasteiger partial charge in [-0.15, -0.1) is 0 Å². The van der Waals surface area contributed by atoms with Crippen LogP contribution in [0.5, 0.6) is 0 Å². The molecule has 0 aromatic heterocycles. The molecule has 0 heterocycles. The van der Waals surface area contributed by atoms with E-state index in [1.54, 1.807) is 35.2 Å². The van der Waals surface area contributed by atoms with E-state index in [0.29, 0.717) is 39.2 Å². The van der Waals surface area contributed by atoms with Gasteiger partial charge in [0.2, 0.25) is 0 Å². The number of hydrogen-bond donors (Lipinski definition) is 8. The molecule has 308 valence electrons. The Hall–Kier alpha value is 0.228. The van der Waals surface area contributed by atoms with Crippen molar-refractivity contribution < 1.29 is 55.3 Å². The predicted octanol–water partition coefficient (Wildman–Crippen LogP) is 1.04. The van der Waals surface area contributed by atoms with Gasteiger partial charge in [-0.1, -0.05) is 55.4 Å². The second-order valence-electron chi connectivity index (χ2n) is 11.5. The fourth-order valence-corrected chi connectivity index (χ4v) is 11.7. The van der Waals surface area contributed by atoms with Gasteiger partial charge in [-0.05, 0) is 72.6 Å². The van der Waals surface area contributed by atoms with E-state index < -0.39 is 45.5 Å². The lowest BCUT2D eigenvalue weighted by Gasteiger charge is -2.39. The van der Waals surface area contributed by atoms with Gasteiger partial charge in [-0.25, -0.2) is 0 Å². The molecule has 0 aliphatic heterocycles. The van der Waals surface area contributed by atoms with Crippen LogP contribution in [0.25, 0.3) is 0 Å². The average molecular weight is 801 g/mol. The predicted molar refractivity (Wildman–Crippen MR) is 208 cm³/mol. The summed E-state index contributed by atoms with van der Waals surface area (Å²) in [5.74, 6) is 0. The number of nitrogens with zero attached hydrogens (tertiary/aromatic N) is 2. The SMILES string of the molecule is CCC(N)(CC)[Si](O)(O)O.CCC(N)(CC)[Si](OC)(OC)OC.CCN(CC)CC[Si](O)(O)O.CCO[Si](CN(CC)CC)(OCC)OCC. The fraction of sp³-hybridized carbons (Fsp3) is 1.00. The first kappa shape index (κ1) is 57.0. The molecule has 0 rings (SSSR count). The third kappa shape index (κ3) is 21.8. The summed E-state index contributed by atoms with van der Waals surface area (Å²) < 4.78 is 33.4. The molecule has 20 heteroatoms. The summed E-state index contributed by atoms with van der Waals surface area (Å²) >= 11 is 0. The average Bonchev–Trinajstić information content (AvgIpc) is 3.08. The molecule has 0 unspecified atom stereocenters. The highest BCUT2D eigenvalue weighted by atomic mass is 28.4. The molecule has 0 aliphatic carbocycles. The van der Waals surface area contributed by atoms with Crippen molar-refractivity contribution in [2.24, 2.45) is 11.5 Å². The number of nitrogens with two attached hydrogens (primary N) is 2. The van der Waals surface area contributed by atoms with Gasteiger partial charge in [0.05, 0.1) is 16.5 Å². The minimum absolute atomic E-state index is 0.106. The van der Waals surface area contributed by atoms with Crippen molar-refractivity contribution in [1.82, 2.24) is 9.80 Å². The van der Waals surface area contributed by atoms with Crippen LogP contribution in [0.3, 0.4) is 0 Å². The lowest BCUT2D eigenvalue weighted by Crippen LogP contribution is -2.68. The van der Waals surface area contributed by atoms with Gasteiger partial charge < -0.3 is 71.7 Å². The van der Waals surface area contributed by atoms with Crippen LogP contribution in [-0.2, 0) is 26.6 Å². The zero-order valence-electron chi connectivity index (χ0n) is 34.1. The van der Waals surface area contributed by atoms with E-state index in [-0.39, 0.29) is 6.04 Å². The van der Waals surface area contributed by atoms with Crippen molar-refractivity contribution in [2.45, 2.75) is 118 Å². The van der Waals surface area contributed by atoms with Crippen LogP contribution >= 0.6 is 0 Å². The standard InChI is InChI=1S/C11H27NO3Si.C8H21NO3Si.C6H17NO3Si.C5H15NO3Si/c1-6-12(7-2)11-16(13-8-3,14-9-4)15-10-5;1-6-8(9,7-2)13(10-3,11-4)12-5;1-3-7(4-2)5-6-11(8,9)10;1-3-5(6,4-2)10(7,8)9/h6-11H2,1-5H3;6-7,9H2,1-5H3;8-10H,3-6H2,1-2H3;7-9H,3-4,6H2,1-2H3. The molecule has 0 aromatic rings. The van der Waals surface area contributed by atoms with Crippen LogP contribution < -0.4 is 11.5 Å². The summed E-state index contributed by atoms with van der Waals surface area (Å²) in [5.41, 5.74) is 11.7. The van der Waals surface area contributed by atoms with E-state index in [2.05, 4.69) is 18.7 Å². The van der Waals surface area contributed by atoms with Gasteiger partial charge in [0.25, 0.3) is 0 Å². The second kappa shape index (κ2) is 29.6. The molecule has 0 fully saturated rings. The molecule has 0 spiro atoms. The van der Waals surface area contributed by atoms with Gasteiger partial charge in [0.1, 0.15) is 0 Å². The number of hydrogen-bond acceptors (Lipinski definition) is 16. The molecule has 0 saturated carbocycles. The molecule has 0 atom stereocenters. The van der Waals surface area contributed by atoms with Gasteiger partial charge in [0, 0.05) is 53.7 Å². The van der Waals surface area contributed by atoms with Crippen molar-refractivity contribution in [3.8, 4) is 0 Å². The smallest absolute Gasteiger partial charge is 0.390 e. The first-order valence-corrected chi connectivity index (χ1v) is 25.6. The Bertz CT molecular complexity index is 742. The zero-order chi connectivity index (χ0) is 40.3. The largest absolute Gasteiger partial charge is 0.521 e. The maximum Gasteiger partial charge on any atom is 0.521 e. The summed E-state index contributed by atoms with van der Waals surface area (Å²) in [4.78, 5) is 57.0. The van der Waals surface area contributed by atoms with E-state index in [9.17, 15) is 0 Å². The Morgan fingerprint density at radius 3 is 1.00 bits per heavy atom. The molecule has 50 heavy (non-hydrogen) atoms. The Labute approximate surface area is 309 Å². The van der Waals surface area contributed by atoms with E-state index in [4.69, 9.17) is 66.8 Å². The fourth-order valence-electron chi connectivity index (χ4n) is 4.76. The lowest BCUT2D eigenvalue weighted by atomic mass is 10.2. The topological polar surface area (TPSA) is 235 Å². The Balaban J connectivity index is -0.000000287. The maximum atomic E-state index is 8.86. The van der Waals surface area contributed by atoms with Crippen molar-refractivity contribution in [3.05, 3.63) is 0 Å². The summed E-state index contributed by atoms with van der Waals surface area (Å²) in [6, 6.07) is 0.106. The summed E-state index contributed by atoms with van der Waals surface area (Å²) in [6.45, 7) is 28.0. The molecule has 0 amide bonds. The molecule has 0 aliphatic rings. The maximum absolute atomic E-state index is 8.86. The highest BCUT2D eigenvalue weighted by Crippen LogP contribution is 2.26. The molecule has 16 nitrogen and oxygen atoms in total. The molecule has 0 radical (unpaired) electrons. The molecular weight excluding hydrogens is 721 g/mol. The highest BCUT2D eigenvalue weighted by Gasteiger charge is 2.55. The molecular formula is C30H80N4O12Si4. The molecule has 10 N–H and O–H groups in total. The Morgan fingerprint density at radius 1 is 0.520 bits per heavy atom. The minimum Gasteiger partial charge on any atom is -0.390 e. The lowest BCUT2D eigenvalue weighted by molar-refractivity contribution is 0.0578. The summed E-state index contributed by atoms with van der Waals surface area (Å²) in [7, 11) is -8.33. The first-order chi connectivity index (χ1) is 23.1. The molecule has 0 bridgehead atoms. The van der Waals surface area contributed by atoms with Crippen molar-refractivity contribution in [2.75, 3.05) is 80.0 Å². The summed E-state index contributed by atoms with van der Waals surface area (Å²) in [6.07, 6.45) is 3.10. The van der Waals surface area contributed by atoms with Crippen molar-refractivity contribution in [3.63, 3.8) is 0 Å². The Kier molecular flexibility index (Phi) is 33.7. The quantitative estimate of drug-likeness (QED) is 0.0637. The van der Waals surface area contributed by atoms with E-state index in [1.807, 2.05) is 53.4 Å². The van der Waals surface area contributed by atoms with Gasteiger partial charge in [-0.3, -0.25) is 4.90 Å². The van der Waals surface area contributed by atoms with E-state index in [1.165, 1.54) is 0 Å². The Morgan fingerprint density at radius 2 is 0.840 bits per heavy atom. The second-order valence-corrected chi connectivity index (χ2v) is 21.7. The van der Waals surface area contributed by atoms with Crippen LogP contribution in [0.15, 0.2) is 0 Å². The molecule has 0 saturated heterocycles. The van der Waals surface area contributed by atoms with Crippen LogP contribution in [0.4, 0.5) is 0 Å². The van der Waals surface area contributed by atoms with Crippen molar-refractivity contribution in [1.29, 1.82) is 0 Å². The normalized spacial score (nSPS) is 13.0. The van der Waals surface area contributed by atoms with Crippen LogP contribution in [0, 0.1) is 0 Å². The molecule has 0 aromatic carbocycles. The highest BCUT2D eigenvalue weighted by molar-refractivity contribution is 6.64. The zero-order valence-corrected chi connectivity index (χ0v) is 38.1. The monoisotopic (exact) mass is 800 g/mol. The number of rotatable bonds is 24. The first-order valence-electron chi connectivity index (χ1n) is 18.0.